The molecular weight excluding hydrogens is 644 g/mol. The summed E-state index contributed by atoms with van der Waals surface area (Å²) < 4.78 is 48.5. The maximum atomic E-state index is 13.1. The fourth-order valence-corrected chi connectivity index (χ4v) is 4.83. The number of hydrogen-bond donors (Lipinski definition) is 1. The van der Waals surface area contributed by atoms with Gasteiger partial charge in [0.1, 0.15) is 35.2 Å². The minimum Gasteiger partial charge on any atom is -0.424 e. The lowest BCUT2D eigenvalue weighted by atomic mass is 9.84. The van der Waals surface area contributed by atoms with E-state index < -0.39 is 61.2 Å². The molecule has 1 saturated carbocycles. The molecule has 0 bridgehead atoms. The molecule has 1 fully saturated rings. The SMILES string of the molecule is COC1C(O)C(OC(=O)Oc2ccccc2)C(OC(=O)Oc2ccccc2)C(OC(=O)Oc2ccccc2)C1OC(=O)Oc1ccccc1. The third-order valence-electron chi connectivity index (χ3n) is 6.95. The maximum absolute atomic E-state index is 13.1. The zero-order valence-corrected chi connectivity index (χ0v) is 25.8. The van der Waals surface area contributed by atoms with Crippen molar-refractivity contribution in [3.63, 3.8) is 0 Å². The molecule has 1 N–H and O–H groups in total. The Morgan fingerprint density at radius 2 is 0.653 bits per heavy atom. The zero-order valence-electron chi connectivity index (χ0n) is 25.8. The zero-order chi connectivity index (χ0) is 34.6. The van der Waals surface area contributed by atoms with Gasteiger partial charge in [-0.3, -0.25) is 0 Å². The number of carbonyl (C=O) groups is 4. The fourth-order valence-electron chi connectivity index (χ4n) is 4.83. The number of aliphatic hydroxyl groups is 1. The van der Waals surface area contributed by atoms with Crippen LogP contribution in [0, 0.1) is 0 Å². The van der Waals surface area contributed by atoms with Crippen molar-refractivity contribution in [3.8, 4) is 23.0 Å². The highest BCUT2D eigenvalue weighted by molar-refractivity contribution is 5.67. The van der Waals surface area contributed by atoms with Crippen LogP contribution in [0.2, 0.25) is 0 Å². The quantitative estimate of drug-likeness (QED) is 0.130. The molecule has 14 heteroatoms. The fraction of sp³-hybridized carbons (Fsp3) is 0.200. The van der Waals surface area contributed by atoms with E-state index >= 15 is 0 Å². The topological polar surface area (TPSA) is 172 Å². The molecule has 0 saturated heterocycles. The molecule has 4 aromatic carbocycles. The monoisotopic (exact) mass is 674 g/mol. The summed E-state index contributed by atoms with van der Waals surface area (Å²) in [7, 11) is 1.15. The standard InChI is InChI=1S/C35H30O14/c1-41-27-26(36)28(46-32(37)42-22-14-6-2-7-15-22)30(48-34(39)44-24-18-10-4-11-19-24)31(49-35(40)45-25-20-12-5-13-21-25)29(27)47-33(38)43-23-16-8-3-9-17-23/h2-21,26-31,36H,1H3. The van der Waals surface area contributed by atoms with E-state index in [0.29, 0.717) is 0 Å². The third kappa shape index (κ3) is 9.47. The van der Waals surface area contributed by atoms with Crippen LogP contribution in [0.15, 0.2) is 121 Å². The van der Waals surface area contributed by atoms with Gasteiger partial charge >= 0.3 is 24.6 Å². The van der Waals surface area contributed by atoms with Gasteiger partial charge in [-0.2, -0.15) is 0 Å². The van der Waals surface area contributed by atoms with E-state index in [1.165, 1.54) is 48.5 Å². The molecule has 0 spiro atoms. The van der Waals surface area contributed by atoms with Crippen LogP contribution in [0.25, 0.3) is 0 Å². The molecular formula is C35H30O14. The van der Waals surface area contributed by atoms with Crippen LogP contribution in [0.5, 0.6) is 23.0 Å². The second-order valence-corrected chi connectivity index (χ2v) is 10.2. The van der Waals surface area contributed by atoms with Crippen LogP contribution in [0.3, 0.4) is 0 Å². The molecule has 1 aliphatic carbocycles. The van der Waals surface area contributed by atoms with E-state index in [-0.39, 0.29) is 23.0 Å². The van der Waals surface area contributed by atoms with Gasteiger partial charge in [-0.25, -0.2) is 19.2 Å². The normalized spacial score (nSPS) is 21.3. The number of aliphatic hydroxyl groups excluding tert-OH is 1. The van der Waals surface area contributed by atoms with Crippen LogP contribution in [-0.4, -0.2) is 73.5 Å². The van der Waals surface area contributed by atoms with Crippen molar-refractivity contribution in [2.45, 2.75) is 36.6 Å². The van der Waals surface area contributed by atoms with Gasteiger partial charge in [0.25, 0.3) is 0 Å². The molecule has 0 heterocycles. The van der Waals surface area contributed by atoms with Gasteiger partial charge in [0.05, 0.1) is 0 Å². The van der Waals surface area contributed by atoms with Gasteiger partial charge in [0.15, 0.2) is 24.4 Å². The van der Waals surface area contributed by atoms with Gasteiger partial charge in [-0.05, 0) is 48.5 Å². The van der Waals surface area contributed by atoms with Gasteiger partial charge in [-0.1, -0.05) is 72.8 Å². The van der Waals surface area contributed by atoms with Crippen molar-refractivity contribution in [1.82, 2.24) is 0 Å². The summed E-state index contributed by atoms with van der Waals surface area (Å²) in [4.78, 5) is 52.3. The van der Waals surface area contributed by atoms with Crippen molar-refractivity contribution in [1.29, 1.82) is 0 Å². The highest BCUT2D eigenvalue weighted by atomic mass is 16.8. The molecule has 254 valence electrons. The van der Waals surface area contributed by atoms with E-state index in [0.717, 1.165) is 7.11 Å². The lowest BCUT2D eigenvalue weighted by Crippen LogP contribution is -2.68. The number of hydrogen-bond acceptors (Lipinski definition) is 14. The van der Waals surface area contributed by atoms with Gasteiger partial charge in [0, 0.05) is 7.11 Å². The Labute approximate surface area is 279 Å². The van der Waals surface area contributed by atoms with E-state index in [1.807, 2.05) is 0 Å². The third-order valence-corrected chi connectivity index (χ3v) is 6.95. The Hall–Kier alpha value is -6.12. The van der Waals surface area contributed by atoms with Gasteiger partial charge in [-0.15, -0.1) is 0 Å². The molecule has 1 aliphatic rings. The van der Waals surface area contributed by atoms with E-state index in [2.05, 4.69) is 0 Å². The Morgan fingerprint density at radius 1 is 0.408 bits per heavy atom. The minimum absolute atomic E-state index is 0.0692. The van der Waals surface area contributed by atoms with Crippen molar-refractivity contribution < 1.29 is 66.9 Å². The summed E-state index contributed by atoms with van der Waals surface area (Å²) in [6.45, 7) is 0. The molecule has 49 heavy (non-hydrogen) atoms. The first kappa shape index (κ1) is 34.2. The Balaban J connectivity index is 1.48. The highest BCUT2D eigenvalue weighted by Crippen LogP contribution is 2.33. The first-order chi connectivity index (χ1) is 23.8. The van der Waals surface area contributed by atoms with E-state index in [9.17, 15) is 24.3 Å². The number of benzene rings is 4. The molecule has 14 nitrogen and oxygen atoms in total. The first-order valence-electron chi connectivity index (χ1n) is 14.8. The second kappa shape index (κ2) is 16.6. The van der Waals surface area contributed by atoms with Crippen LogP contribution < -0.4 is 18.9 Å². The summed E-state index contributed by atoms with van der Waals surface area (Å²) in [6, 6.07) is 31.3. The Morgan fingerprint density at radius 3 is 0.939 bits per heavy atom. The molecule has 0 aromatic heterocycles. The van der Waals surface area contributed by atoms with Crippen molar-refractivity contribution in [2.24, 2.45) is 0 Å². The summed E-state index contributed by atoms with van der Waals surface area (Å²) >= 11 is 0. The average molecular weight is 675 g/mol. The number of rotatable bonds is 9. The lowest BCUT2D eigenvalue weighted by Gasteiger charge is -2.45. The van der Waals surface area contributed by atoms with Crippen molar-refractivity contribution in [2.75, 3.05) is 7.11 Å². The average Bonchev–Trinajstić information content (AvgIpc) is 3.10. The van der Waals surface area contributed by atoms with Crippen molar-refractivity contribution in [3.05, 3.63) is 121 Å². The van der Waals surface area contributed by atoms with Crippen LogP contribution >= 0.6 is 0 Å². The van der Waals surface area contributed by atoms with Crippen molar-refractivity contribution >= 4 is 24.6 Å². The smallest absolute Gasteiger partial charge is 0.424 e. The molecule has 4 aromatic rings. The predicted octanol–water partition coefficient (Wildman–Crippen LogP) is 5.71. The molecule has 0 amide bonds. The van der Waals surface area contributed by atoms with E-state index in [1.54, 1.807) is 72.8 Å². The maximum Gasteiger partial charge on any atom is 0.514 e. The van der Waals surface area contributed by atoms with Crippen LogP contribution in [-0.2, 0) is 23.7 Å². The number of methoxy groups -OCH3 is 1. The van der Waals surface area contributed by atoms with Gasteiger partial charge in [0.2, 0.25) is 0 Å². The molecule has 0 radical (unpaired) electrons. The van der Waals surface area contributed by atoms with Crippen LogP contribution in [0.1, 0.15) is 0 Å². The summed E-state index contributed by atoms with van der Waals surface area (Å²) in [5.74, 6) is 0.335. The summed E-state index contributed by atoms with van der Waals surface area (Å²) in [5.41, 5.74) is 0. The number of ether oxygens (including phenoxy) is 9. The Bertz CT molecular complexity index is 1670. The summed E-state index contributed by atoms with van der Waals surface area (Å²) in [6.07, 6.45) is -16.2. The lowest BCUT2D eigenvalue weighted by molar-refractivity contribution is -0.235. The highest BCUT2D eigenvalue weighted by Gasteiger charge is 2.59. The second-order valence-electron chi connectivity index (χ2n) is 10.2. The molecule has 6 unspecified atom stereocenters. The van der Waals surface area contributed by atoms with Gasteiger partial charge < -0.3 is 47.7 Å². The molecule has 0 aliphatic heterocycles. The Kier molecular flexibility index (Phi) is 11.6. The molecule has 6 atom stereocenters. The van der Waals surface area contributed by atoms with E-state index in [4.69, 9.17) is 42.6 Å². The largest absolute Gasteiger partial charge is 0.514 e. The summed E-state index contributed by atoms with van der Waals surface area (Å²) in [5, 5.41) is 11.5. The number of carbonyl (C=O) groups excluding carboxylic acids is 4. The number of para-hydroxylation sites is 4. The predicted molar refractivity (Wildman–Crippen MR) is 166 cm³/mol. The first-order valence-corrected chi connectivity index (χ1v) is 14.8. The van der Waals surface area contributed by atoms with Crippen LogP contribution in [0.4, 0.5) is 19.2 Å². The molecule has 5 rings (SSSR count). The minimum atomic E-state index is -1.92.